The van der Waals surface area contributed by atoms with Crippen LogP contribution >= 0.6 is 11.3 Å². The molecule has 1 saturated carbocycles. The zero-order chi connectivity index (χ0) is 13.2. The summed E-state index contributed by atoms with van der Waals surface area (Å²) in [6.07, 6.45) is 3.04. The van der Waals surface area contributed by atoms with E-state index >= 15 is 0 Å². The minimum atomic E-state index is -0.148. The van der Waals surface area contributed by atoms with Crippen LogP contribution in [-0.2, 0) is 4.79 Å². The molecule has 0 aliphatic heterocycles. The van der Waals surface area contributed by atoms with E-state index in [0.717, 1.165) is 24.1 Å². The van der Waals surface area contributed by atoms with E-state index in [0.29, 0.717) is 0 Å². The van der Waals surface area contributed by atoms with Crippen LogP contribution in [0.3, 0.4) is 0 Å². The SMILES string of the molecule is CC(C(=O)NC1CCCC1(C)CO)c1cccs1. The van der Waals surface area contributed by atoms with Gasteiger partial charge in [0.05, 0.1) is 12.5 Å². The zero-order valence-electron chi connectivity index (χ0n) is 11.0. The van der Waals surface area contributed by atoms with Gasteiger partial charge in [-0.2, -0.15) is 0 Å². The molecular formula is C14H21NO2S. The largest absolute Gasteiger partial charge is 0.396 e. The predicted molar refractivity (Wildman–Crippen MR) is 73.7 cm³/mol. The summed E-state index contributed by atoms with van der Waals surface area (Å²) in [5.41, 5.74) is -0.148. The van der Waals surface area contributed by atoms with Crippen molar-refractivity contribution in [3.63, 3.8) is 0 Å². The van der Waals surface area contributed by atoms with Crippen LogP contribution in [0.25, 0.3) is 0 Å². The van der Waals surface area contributed by atoms with Gasteiger partial charge in [-0.05, 0) is 31.2 Å². The van der Waals surface area contributed by atoms with Gasteiger partial charge in [0.25, 0.3) is 0 Å². The van der Waals surface area contributed by atoms with Gasteiger partial charge in [-0.25, -0.2) is 0 Å². The molecule has 0 spiro atoms. The van der Waals surface area contributed by atoms with Gasteiger partial charge in [-0.1, -0.05) is 19.4 Å². The van der Waals surface area contributed by atoms with Gasteiger partial charge >= 0.3 is 0 Å². The van der Waals surface area contributed by atoms with Crippen LogP contribution in [0, 0.1) is 5.41 Å². The molecular weight excluding hydrogens is 246 g/mol. The summed E-state index contributed by atoms with van der Waals surface area (Å²) in [6.45, 7) is 4.14. The fourth-order valence-corrected chi connectivity index (χ4v) is 3.41. The highest BCUT2D eigenvalue weighted by atomic mass is 32.1. The fraction of sp³-hybridized carbons (Fsp3) is 0.643. The van der Waals surface area contributed by atoms with Gasteiger partial charge in [-0.15, -0.1) is 11.3 Å². The molecule has 1 amide bonds. The monoisotopic (exact) mass is 267 g/mol. The molecule has 0 saturated heterocycles. The maximum Gasteiger partial charge on any atom is 0.228 e. The summed E-state index contributed by atoms with van der Waals surface area (Å²) in [5.74, 6) is -0.0300. The first kappa shape index (κ1) is 13.6. The van der Waals surface area contributed by atoms with Crippen LogP contribution < -0.4 is 5.32 Å². The van der Waals surface area contributed by atoms with Crippen molar-refractivity contribution in [2.24, 2.45) is 5.41 Å². The van der Waals surface area contributed by atoms with E-state index in [2.05, 4.69) is 12.2 Å². The molecule has 1 fully saturated rings. The number of amides is 1. The number of hydrogen-bond acceptors (Lipinski definition) is 3. The maximum absolute atomic E-state index is 12.2. The normalized spacial score (nSPS) is 29.2. The molecule has 3 atom stereocenters. The molecule has 1 aliphatic rings. The molecule has 18 heavy (non-hydrogen) atoms. The number of carbonyl (C=O) groups excluding carboxylic acids is 1. The quantitative estimate of drug-likeness (QED) is 0.880. The Kier molecular flexibility index (Phi) is 4.07. The third-order valence-electron chi connectivity index (χ3n) is 4.12. The van der Waals surface area contributed by atoms with E-state index in [1.807, 2.05) is 24.4 Å². The van der Waals surface area contributed by atoms with Crippen LogP contribution in [-0.4, -0.2) is 23.7 Å². The first-order valence-electron chi connectivity index (χ1n) is 6.51. The second-order valence-electron chi connectivity index (χ2n) is 5.50. The number of aliphatic hydroxyl groups excluding tert-OH is 1. The van der Waals surface area contributed by atoms with E-state index in [1.54, 1.807) is 11.3 Å². The maximum atomic E-state index is 12.2. The summed E-state index contributed by atoms with van der Waals surface area (Å²) >= 11 is 1.61. The fourth-order valence-electron chi connectivity index (χ4n) is 2.63. The van der Waals surface area contributed by atoms with E-state index in [4.69, 9.17) is 0 Å². The molecule has 2 rings (SSSR count). The summed E-state index contributed by atoms with van der Waals surface area (Å²) in [6, 6.07) is 4.07. The van der Waals surface area contributed by atoms with Gasteiger partial charge < -0.3 is 10.4 Å². The van der Waals surface area contributed by atoms with Crippen LogP contribution in [0.2, 0.25) is 0 Å². The van der Waals surface area contributed by atoms with Crippen molar-refractivity contribution in [3.8, 4) is 0 Å². The van der Waals surface area contributed by atoms with Crippen molar-refractivity contribution in [1.82, 2.24) is 5.32 Å². The molecule has 3 nitrogen and oxygen atoms in total. The number of nitrogens with one attached hydrogen (secondary N) is 1. The van der Waals surface area contributed by atoms with Crippen molar-refractivity contribution >= 4 is 17.2 Å². The molecule has 3 unspecified atom stereocenters. The molecule has 1 aromatic rings. The Morgan fingerprint density at radius 1 is 1.72 bits per heavy atom. The first-order chi connectivity index (χ1) is 8.57. The van der Waals surface area contributed by atoms with Gasteiger partial charge in [0.15, 0.2) is 0 Å². The second kappa shape index (κ2) is 5.41. The molecule has 0 aromatic carbocycles. The number of hydrogen-bond donors (Lipinski definition) is 2. The minimum Gasteiger partial charge on any atom is -0.396 e. The predicted octanol–water partition coefficient (Wildman–Crippen LogP) is 2.52. The second-order valence-corrected chi connectivity index (χ2v) is 6.48. The lowest BCUT2D eigenvalue weighted by atomic mass is 9.85. The van der Waals surface area contributed by atoms with Gasteiger partial charge in [-0.3, -0.25) is 4.79 Å². The number of thiophene rings is 1. The zero-order valence-corrected chi connectivity index (χ0v) is 11.8. The summed E-state index contributed by atoms with van der Waals surface area (Å²) in [7, 11) is 0. The molecule has 0 bridgehead atoms. The van der Waals surface area contributed by atoms with Crippen molar-refractivity contribution in [2.75, 3.05) is 6.61 Å². The summed E-state index contributed by atoms with van der Waals surface area (Å²) in [4.78, 5) is 13.3. The van der Waals surface area contributed by atoms with Crippen LogP contribution in [0.1, 0.15) is 43.9 Å². The Bertz CT molecular complexity index is 404. The Morgan fingerprint density at radius 3 is 3.11 bits per heavy atom. The van der Waals surface area contributed by atoms with Gasteiger partial charge in [0, 0.05) is 16.3 Å². The molecule has 1 heterocycles. The van der Waals surface area contributed by atoms with Crippen molar-refractivity contribution in [3.05, 3.63) is 22.4 Å². The number of aliphatic hydroxyl groups is 1. The number of rotatable bonds is 4. The molecule has 1 aromatic heterocycles. The summed E-state index contributed by atoms with van der Waals surface area (Å²) in [5, 5.41) is 14.6. The van der Waals surface area contributed by atoms with E-state index in [9.17, 15) is 9.90 Å². The van der Waals surface area contributed by atoms with Crippen LogP contribution in [0.15, 0.2) is 17.5 Å². The molecule has 100 valence electrons. The first-order valence-corrected chi connectivity index (χ1v) is 7.39. The van der Waals surface area contributed by atoms with Crippen LogP contribution in [0.5, 0.6) is 0 Å². The molecule has 1 aliphatic carbocycles. The highest BCUT2D eigenvalue weighted by molar-refractivity contribution is 7.10. The Hall–Kier alpha value is -0.870. The Morgan fingerprint density at radius 2 is 2.50 bits per heavy atom. The van der Waals surface area contributed by atoms with Crippen molar-refractivity contribution in [1.29, 1.82) is 0 Å². The van der Waals surface area contributed by atoms with Gasteiger partial charge in [0.1, 0.15) is 0 Å². The van der Waals surface area contributed by atoms with Crippen molar-refractivity contribution in [2.45, 2.75) is 45.1 Å². The topological polar surface area (TPSA) is 49.3 Å². The third kappa shape index (κ3) is 2.59. The lowest BCUT2D eigenvalue weighted by Gasteiger charge is -2.30. The van der Waals surface area contributed by atoms with Gasteiger partial charge in [0.2, 0.25) is 5.91 Å². The van der Waals surface area contributed by atoms with E-state index in [-0.39, 0.29) is 29.9 Å². The highest BCUT2D eigenvalue weighted by Gasteiger charge is 2.39. The Labute approximate surface area is 112 Å². The van der Waals surface area contributed by atoms with E-state index in [1.165, 1.54) is 0 Å². The Balaban J connectivity index is 1.99. The molecule has 4 heteroatoms. The molecule has 2 N–H and O–H groups in total. The lowest BCUT2D eigenvalue weighted by molar-refractivity contribution is -0.123. The average Bonchev–Trinajstić information content (AvgIpc) is 2.99. The summed E-state index contributed by atoms with van der Waals surface area (Å²) < 4.78 is 0. The smallest absolute Gasteiger partial charge is 0.228 e. The van der Waals surface area contributed by atoms with Crippen molar-refractivity contribution < 1.29 is 9.90 Å². The van der Waals surface area contributed by atoms with E-state index < -0.39 is 0 Å². The average molecular weight is 267 g/mol. The van der Waals surface area contributed by atoms with Crippen LogP contribution in [0.4, 0.5) is 0 Å². The molecule has 0 radical (unpaired) electrons. The third-order valence-corrected chi connectivity index (χ3v) is 5.18. The standard InChI is InChI=1S/C14H21NO2S/c1-10(11-5-4-8-18-11)13(17)15-12-6-3-7-14(12,2)9-16/h4-5,8,10,12,16H,3,6-7,9H2,1-2H3,(H,15,17). The number of carbonyl (C=O) groups is 1. The minimum absolute atomic E-state index is 0.0732. The highest BCUT2D eigenvalue weighted by Crippen LogP contribution is 2.37. The lowest BCUT2D eigenvalue weighted by Crippen LogP contribution is -2.46.